The van der Waals surface area contributed by atoms with E-state index in [9.17, 15) is 4.79 Å². The first-order chi connectivity index (χ1) is 11.8. The number of benzene rings is 3. The normalized spacial score (nSPS) is 10.9. The summed E-state index contributed by atoms with van der Waals surface area (Å²) in [4.78, 5) is 16.4. The van der Waals surface area contributed by atoms with E-state index >= 15 is 0 Å². The first-order valence-corrected chi connectivity index (χ1v) is 7.73. The van der Waals surface area contributed by atoms with Crippen LogP contribution in [0.25, 0.3) is 32.8 Å². The molecule has 0 bridgehead atoms. The smallest absolute Gasteiger partial charge is 0.337 e. The summed E-state index contributed by atoms with van der Waals surface area (Å²) in [6, 6.07) is 22.1. The lowest BCUT2D eigenvalue weighted by Gasteiger charge is -2.12. The lowest BCUT2D eigenvalue weighted by molar-refractivity contribution is 0.0600. The molecular weight excluding hydrogens is 298 g/mol. The van der Waals surface area contributed by atoms with E-state index in [-0.39, 0.29) is 5.97 Å². The molecule has 0 N–H and O–H groups in total. The summed E-state index contributed by atoms with van der Waals surface area (Å²) in [7, 11) is 1.38. The molecule has 3 nitrogen and oxygen atoms in total. The number of rotatable bonds is 2. The van der Waals surface area contributed by atoms with Gasteiger partial charge < -0.3 is 4.74 Å². The summed E-state index contributed by atoms with van der Waals surface area (Å²) in [6.45, 7) is 0. The molecule has 0 unspecified atom stereocenters. The number of ether oxygens (including phenoxy) is 1. The zero-order chi connectivity index (χ0) is 16.5. The fraction of sp³-hybridized carbons (Fsp3) is 0.0476. The number of esters is 1. The van der Waals surface area contributed by atoms with Gasteiger partial charge in [-0.3, -0.25) is 4.98 Å². The van der Waals surface area contributed by atoms with Gasteiger partial charge in [0.2, 0.25) is 0 Å². The first-order valence-electron chi connectivity index (χ1n) is 7.73. The van der Waals surface area contributed by atoms with E-state index in [2.05, 4.69) is 35.3 Å². The highest BCUT2D eigenvalue weighted by Gasteiger charge is 2.13. The quantitative estimate of drug-likeness (QED) is 0.392. The second-order valence-corrected chi connectivity index (χ2v) is 5.62. The summed E-state index contributed by atoms with van der Waals surface area (Å²) in [5, 5.41) is 4.53. The molecule has 0 aliphatic heterocycles. The Labute approximate surface area is 139 Å². The van der Waals surface area contributed by atoms with Crippen LogP contribution in [0.2, 0.25) is 0 Å². The van der Waals surface area contributed by atoms with Gasteiger partial charge in [-0.2, -0.15) is 0 Å². The molecule has 0 aliphatic rings. The molecule has 3 aromatic carbocycles. The van der Waals surface area contributed by atoms with Gasteiger partial charge in [0.15, 0.2) is 0 Å². The summed E-state index contributed by atoms with van der Waals surface area (Å²) >= 11 is 0. The van der Waals surface area contributed by atoms with Gasteiger partial charge in [-0.15, -0.1) is 0 Å². The van der Waals surface area contributed by atoms with Crippen molar-refractivity contribution in [3.8, 4) is 11.3 Å². The average Bonchev–Trinajstić information content (AvgIpc) is 2.65. The molecule has 0 amide bonds. The molecular formula is C21H15NO2. The minimum Gasteiger partial charge on any atom is -0.465 e. The van der Waals surface area contributed by atoms with Crippen LogP contribution in [0.5, 0.6) is 0 Å². The van der Waals surface area contributed by atoms with Crippen molar-refractivity contribution in [2.45, 2.75) is 0 Å². The number of nitrogens with zero attached hydrogens (tertiary/aromatic N) is 1. The molecule has 1 heterocycles. The van der Waals surface area contributed by atoms with E-state index in [0.29, 0.717) is 5.56 Å². The van der Waals surface area contributed by atoms with Crippen molar-refractivity contribution < 1.29 is 9.53 Å². The molecule has 0 saturated carbocycles. The molecule has 0 atom stereocenters. The molecule has 3 heteroatoms. The van der Waals surface area contributed by atoms with Crippen molar-refractivity contribution in [2.24, 2.45) is 0 Å². The van der Waals surface area contributed by atoms with Crippen molar-refractivity contribution >= 4 is 27.5 Å². The Kier molecular flexibility index (Phi) is 3.47. The predicted molar refractivity (Wildman–Crippen MR) is 96.0 cm³/mol. The maximum Gasteiger partial charge on any atom is 0.337 e. The Morgan fingerprint density at radius 2 is 1.50 bits per heavy atom. The van der Waals surface area contributed by atoms with Crippen LogP contribution in [0.1, 0.15) is 10.4 Å². The SMILES string of the molecule is COC(=O)c1ccnc(-c2c3ccccc3cc3ccccc23)c1. The molecule has 4 aromatic rings. The third-order valence-electron chi connectivity index (χ3n) is 4.21. The van der Waals surface area contributed by atoms with Crippen molar-refractivity contribution in [2.75, 3.05) is 7.11 Å². The number of aromatic nitrogens is 1. The summed E-state index contributed by atoms with van der Waals surface area (Å²) < 4.78 is 4.84. The van der Waals surface area contributed by atoms with Gasteiger partial charge in [0.25, 0.3) is 0 Å². The molecule has 24 heavy (non-hydrogen) atoms. The van der Waals surface area contributed by atoms with Crippen LogP contribution in [0, 0.1) is 0 Å². The Bertz CT molecular complexity index is 1020. The van der Waals surface area contributed by atoms with Crippen molar-refractivity contribution in [1.82, 2.24) is 4.98 Å². The first kappa shape index (κ1) is 14.4. The minimum atomic E-state index is -0.358. The molecule has 0 fully saturated rings. The molecule has 0 radical (unpaired) electrons. The van der Waals surface area contributed by atoms with Crippen LogP contribution in [0.4, 0.5) is 0 Å². The zero-order valence-corrected chi connectivity index (χ0v) is 13.2. The van der Waals surface area contributed by atoms with Gasteiger partial charge >= 0.3 is 5.97 Å². The minimum absolute atomic E-state index is 0.358. The van der Waals surface area contributed by atoms with E-state index in [0.717, 1.165) is 32.8 Å². The fourth-order valence-electron chi connectivity index (χ4n) is 3.10. The van der Waals surface area contributed by atoms with Crippen LogP contribution in [-0.2, 0) is 4.74 Å². The molecule has 4 rings (SSSR count). The van der Waals surface area contributed by atoms with Crippen LogP contribution < -0.4 is 0 Å². The van der Waals surface area contributed by atoms with E-state index in [1.165, 1.54) is 7.11 Å². The van der Waals surface area contributed by atoms with Crippen LogP contribution in [-0.4, -0.2) is 18.1 Å². The topological polar surface area (TPSA) is 39.2 Å². The Morgan fingerprint density at radius 1 is 0.875 bits per heavy atom. The third-order valence-corrected chi connectivity index (χ3v) is 4.21. The van der Waals surface area contributed by atoms with Gasteiger partial charge in [0.05, 0.1) is 18.4 Å². The second kappa shape index (κ2) is 5.78. The van der Waals surface area contributed by atoms with Gasteiger partial charge in [0.1, 0.15) is 0 Å². The van der Waals surface area contributed by atoms with Crippen LogP contribution in [0.3, 0.4) is 0 Å². The molecule has 116 valence electrons. The van der Waals surface area contributed by atoms with E-state index in [4.69, 9.17) is 4.74 Å². The van der Waals surface area contributed by atoms with Gasteiger partial charge in [0, 0.05) is 11.8 Å². The number of hydrogen-bond acceptors (Lipinski definition) is 3. The largest absolute Gasteiger partial charge is 0.465 e. The summed E-state index contributed by atoms with van der Waals surface area (Å²) in [6.07, 6.45) is 1.65. The molecule has 1 aromatic heterocycles. The van der Waals surface area contributed by atoms with Gasteiger partial charge in [-0.25, -0.2) is 4.79 Å². The monoisotopic (exact) mass is 313 g/mol. The van der Waals surface area contributed by atoms with Gasteiger partial charge in [-0.1, -0.05) is 48.5 Å². The van der Waals surface area contributed by atoms with E-state index in [1.54, 1.807) is 18.3 Å². The standard InChI is InChI=1S/C21H15NO2/c1-24-21(23)16-10-11-22-19(13-16)20-17-8-4-2-6-14(17)12-15-7-3-5-9-18(15)20/h2-13H,1H3. The maximum absolute atomic E-state index is 11.9. The maximum atomic E-state index is 11.9. The molecule has 0 spiro atoms. The Hall–Kier alpha value is -3.20. The highest BCUT2D eigenvalue weighted by Crippen LogP contribution is 2.35. The number of carbonyl (C=O) groups is 1. The van der Waals surface area contributed by atoms with Gasteiger partial charge in [-0.05, 0) is 39.7 Å². The second-order valence-electron chi connectivity index (χ2n) is 5.62. The lowest BCUT2D eigenvalue weighted by Crippen LogP contribution is -2.02. The molecule has 0 aliphatic carbocycles. The number of pyridine rings is 1. The highest BCUT2D eigenvalue weighted by molar-refractivity contribution is 6.12. The number of carbonyl (C=O) groups excluding carboxylic acids is 1. The number of methoxy groups -OCH3 is 1. The fourth-order valence-corrected chi connectivity index (χ4v) is 3.10. The van der Waals surface area contributed by atoms with Crippen molar-refractivity contribution in [1.29, 1.82) is 0 Å². The number of fused-ring (bicyclic) bond motifs is 2. The van der Waals surface area contributed by atoms with E-state index < -0.39 is 0 Å². The number of hydrogen-bond donors (Lipinski definition) is 0. The Morgan fingerprint density at radius 3 is 2.12 bits per heavy atom. The predicted octanol–water partition coefficient (Wildman–Crippen LogP) is 4.84. The van der Waals surface area contributed by atoms with Crippen LogP contribution in [0.15, 0.2) is 72.9 Å². The summed E-state index contributed by atoms with van der Waals surface area (Å²) in [5.74, 6) is -0.358. The highest BCUT2D eigenvalue weighted by atomic mass is 16.5. The lowest BCUT2D eigenvalue weighted by atomic mass is 9.94. The zero-order valence-electron chi connectivity index (χ0n) is 13.2. The third kappa shape index (κ3) is 2.31. The average molecular weight is 313 g/mol. The molecule has 0 saturated heterocycles. The van der Waals surface area contributed by atoms with Crippen LogP contribution >= 0.6 is 0 Å². The Balaban J connectivity index is 2.09. The summed E-state index contributed by atoms with van der Waals surface area (Å²) in [5.41, 5.74) is 2.31. The van der Waals surface area contributed by atoms with E-state index in [1.807, 2.05) is 24.3 Å². The van der Waals surface area contributed by atoms with Crippen molar-refractivity contribution in [3.05, 3.63) is 78.5 Å². The van der Waals surface area contributed by atoms with Crippen molar-refractivity contribution in [3.63, 3.8) is 0 Å².